The summed E-state index contributed by atoms with van der Waals surface area (Å²) in [6.07, 6.45) is 2.74. The predicted octanol–water partition coefficient (Wildman–Crippen LogP) is -4.07. The number of carboxylic acid groups (broad SMARTS) is 1. The molecule has 9 amide bonds. The fraction of sp³-hybridized carbons (Fsp3) is 0.592. The van der Waals surface area contributed by atoms with Crippen LogP contribution in [-0.4, -0.2) is 186 Å². The lowest BCUT2D eigenvalue weighted by Crippen LogP contribution is -2.60. The second kappa shape index (κ2) is 34.1. The van der Waals surface area contributed by atoms with Crippen LogP contribution in [0.4, 0.5) is 0 Å². The second-order valence-electron chi connectivity index (χ2n) is 18.7. The van der Waals surface area contributed by atoms with Crippen molar-refractivity contribution >= 4 is 71.1 Å². The summed E-state index contributed by atoms with van der Waals surface area (Å²) < 4.78 is 10.9. The molecular weight excluding hydrogens is 1030 g/mol. The first-order chi connectivity index (χ1) is 37.1. The summed E-state index contributed by atoms with van der Waals surface area (Å²) in [6.45, 7) is 3.83. The van der Waals surface area contributed by atoms with E-state index in [1.807, 2.05) is 0 Å². The lowest BCUT2D eigenvalue weighted by molar-refractivity contribution is -0.152. The summed E-state index contributed by atoms with van der Waals surface area (Å²) in [4.78, 5) is 153. The lowest BCUT2D eigenvalue weighted by atomic mass is 9.99. The monoisotopic (exact) mass is 1100 g/mol. The number of aliphatic carboxylic acids is 1. The van der Waals surface area contributed by atoms with E-state index in [1.54, 1.807) is 13.8 Å². The van der Waals surface area contributed by atoms with E-state index in [-0.39, 0.29) is 115 Å². The number of nitrogens with two attached hydrogens (primary N) is 4. The maximum absolute atomic E-state index is 14.2. The van der Waals surface area contributed by atoms with Gasteiger partial charge in [0.1, 0.15) is 48.6 Å². The number of guanidine groups is 1. The van der Waals surface area contributed by atoms with Gasteiger partial charge < -0.3 is 78.9 Å². The zero-order valence-corrected chi connectivity index (χ0v) is 43.9. The van der Waals surface area contributed by atoms with Gasteiger partial charge in [-0.1, -0.05) is 26.0 Å². The number of hydrogen-bond acceptors (Lipinski definition) is 18. The molecule has 432 valence electrons. The molecule has 0 radical (unpaired) electrons. The highest BCUT2D eigenvalue weighted by Gasteiger charge is 2.37. The minimum atomic E-state index is -1.64. The van der Waals surface area contributed by atoms with Crippen LogP contribution in [0.2, 0.25) is 0 Å². The van der Waals surface area contributed by atoms with E-state index in [2.05, 4.69) is 37.1 Å². The zero-order chi connectivity index (χ0) is 57.7. The fourth-order valence-electron chi connectivity index (χ4n) is 8.02. The quantitative estimate of drug-likeness (QED) is 0.00991. The number of hydroxylamine groups is 1. The number of phenolic OH excluding ortho intramolecular Hbond substituents is 1. The van der Waals surface area contributed by atoms with Crippen LogP contribution in [0.3, 0.4) is 0 Å². The zero-order valence-electron chi connectivity index (χ0n) is 43.9. The van der Waals surface area contributed by atoms with E-state index in [0.717, 1.165) is 17.1 Å². The average molecular weight is 1100 g/mol. The number of carbonyl (C=O) groups excluding carboxylic acids is 10. The van der Waals surface area contributed by atoms with Crippen molar-refractivity contribution in [3.63, 3.8) is 0 Å². The average Bonchev–Trinajstić information content (AvgIpc) is 4.01. The second-order valence-corrected chi connectivity index (χ2v) is 18.7. The largest absolute Gasteiger partial charge is 0.508 e. The number of carboxylic acids is 1. The third-order valence-corrected chi connectivity index (χ3v) is 12.0. The van der Waals surface area contributed by atoms with Crippen LogP contribution in [0.15, 0.2) is 41.4 Å². The first-order valence-corrected chi connectivity index (χ1v) is 25.6. The van der Waals surface area contributed by atoms with Crippen LogP contribution < -0.4 is 55.0 Å². The first kappa shape index (κ1) is 64.5. The van der Waals surface area contributed by atoms with Crippen molar-refractivity contribution in [1.82, 2.24) is 41.9 Å². The van der Waals surface area contributed by atoms with Gasteiger partial charge in [-0.05, 0) is 81.5 Å². The number of imide groups is 1. The normalized spacial score (nSPS) is 15.9. The number of hydrogen-bond donors (Lipinski definition) is 12. The van der Waals surface area contributed by atoms with E-state index in [0.29, 0.717) is 24.8 Å². The lowest BCUT2D eigenvalue weighted by Gasteiger charge is -2.29. The number of phenols is 1. The topological polar surface area (TPSA) is 451 Å². The predicted molar refractivity (Wildman–Crippen MR) is 276 cm³/mol. The highest BCUT2D eigenvalue weighted by atomic mass is 16.7. The molecule has 0 spiro atoms. The maximum atomic E-state index is 14.2. The van der Waals surface area contributed by atoms with Crippen LogP contribution in [-0.2, 0) is 73.5 Å². The smallest absolute Gasteiger partial charge is 0.326 e. The van der Waals surface area contributed by atoms with Gasteiger partial charge >= 0.3 is 11.9 Å². The molecule has 1 aromatic rings. The summed E-state index contributed by atoms with van der Waals surface area (Å²) in [5.41, 5.74) is 25.0. The Morgan fingerprint density at radius 1 is 0.756 bits per heavy atom. The number of amides is 9. The number of primary amides is 1. The summed E-state index contributed by atoms with van der Waals surface area (Å²) >= 11 is 0. The van der Waals surface area contributed by atoms with Crippen LogP contribution in [0.1, 0.15) is 83.6 Å². The van der Waals surface area contributed by atoms with Crippen LogP contribution in [0, 0.1) is 5.92 Å². The van der Waals surface area contributed by atoms with Gasteiger partial charge in [0.25, 0.3) is 11.8 Å². The summed E-state index contributed by atoms with van der Waals surface area (Å²) in [5.74, 6) is -9.32. The molecule has 2 aliphatic rings. The molecule has 0 bridgehead atoms. The number of unbranched alkanes of at least 4 members (excludes halogenated alkanes) is 1. The Morgan fingerprint density at radius 3 is 1.97 bits per heavy atom. The molecule has 29 nitrogen and oxygen atoms in total. The number of nitrogens with zero attached hydrogens (tertiary/aromatic N) is 3. The number of carbonyl (C=O) groups is 11. The van der Waals surface area contributed by atoms with Crippen LogP contribution in [0.5, 0.6) is 5.75 Å². The molecule has 0 saturated carbocycles. The van der Waals surface area contributed by atoms with Crippen molar-refractivity contribution < 1.29 is 77.3 Å². The molecule has 6 atom stereocenters. The number of ether oxygens (including phenoxy) is 2. The molecule has 0 aromatic heterocycles. The Labute approximate surface area is 450 Å². The first-order valence-electron chi connectivity index (χ1n) is 25.6. The molecular formula is C49H75N13O16. The molecule has 1 saturated heterocycles. The molecule has 0 unspecified atom stereocenters. The standard InChI is InChI=1S/C49H75N13O16/c1-29(2)25-35(46(73)60-36(26-30-10-12-31(63)13-11-30)47(74)58-34(43(51)70)27-41(67)68)59-45(72)32(7-3-4-17-50)56-44(71)33(8-5-18-54-49(52)53)57-48(75)37-9-6-20-61(37)40(66)28-77-24-23-76-22-19-55-78-42(69)16-21-62-38(64)14-15-39(62)65/h10-15,29,32-37,55,63H,3-9,16-28,50H2,1-2H3,(H2,51,70)(H,56,71)(H,57,75)(H,58,74)(H,59,72)(H,60,73)(H,67,68)(H4,52,53,54)/t32-,33-,34-,35-,36-,37-/m0/s1. The molecule has 1 aromatic carbocycles. The highest BCUT2D eigenvalue weighted by molar-refractivity contribution is 6.13. The Kier molecular flexibility index (Phi) is 28.2. The van der Waals surface area contributed by atoms with Crippen molar-refractivity contribution in [3.8, 4) is 5.75 Å². The molecule has 78 heavy (non-hydrogen) atoms. The molecule has 0 aliphatic carbocycles. The molecule has 2 heterocycles. The molecule has 1 fully saturated rings. The third-order valence-electron chi connectivity index (χ3n) is 12.0. The summed E-state index contributed by atoms with van der Waals surface area (Å²) in [5, 5.41) is 32.1. The Hall–Kier alpha value is -7.76. The van der Waals surface area contributed by atoms with E-state index >= 15 is 0 Å². The number of nitrogens with one attached hydrogen (secondary N) is 6. The van der Waals surface area contributed by atoms with Gasteiger partial charge in [-0.25, -0.2) is 0 Å². The van der Waals surface area contributed by atoms with Gasteiger partial charge in [-0.3, -0.25) is 62.6 Å². The van der Waals surface area contributed by atoms with Crippen LogP contribution >= 0.6 is 0 Å². The van der Waals surface area contributed by atoms with Crippen LogP contribution in [0.25, 0.3) is 0 Å². The molecule has 29 heteroatoms. The number of rotatable bonds is 37. The Morgan fingerprint density at radius 2 is 1.35 bits per heavy atom. The van der Waals surface area contributed by atoms with Gasteiger partial charge in [0.05, 0.1) is 39.2 Å². The molecule has 2 aliphatic heterocycles. The number of benzene rings is 1. The Balaban J connectivity index is 1.67. The summed E-state index contributed by atoms with van der Waals surface area (Å²) in [6, 6.07) is -2.30. The minimum Gasteiger partial charge on any atom is -0.508 e. The summed E-state index contributed by atoms with van der Waals surface area (Å²) in [7, 11) is 0. The van der Waals surface area contributed by atoms with Crippen molar-refractivity contribution in [2.45, 2.75) is 121 Å². The van der Waals surface area contributed by atoms with Gasteiger partial charge in [0.15, 0.2) is 5.96 Å². The number of likely N-dealkylation sites (tertiary alicyclic amines) is 1. The van der Waals surface area contributed by atoms with Gasteiger partial charge in [-0.15, -0.1) is 0 Å². The maximum Gasteiger partial charge on any atom is 0.326 e. The molecule has 16 N–H and O–H groups in total. The minimum absolute atomic E-state index is 0.00320. The van der Waals surface area contributed by atoms with Crippen molar-refractivity contribution in [2.24, 2.45) is 33.8 Å². The van der Waals surface area contributed by atoms with E-state index in [9.17, 15) is 63.0 Å². The third kappa shape index (κ3) is 23.6. The van der Waals surface area contributed by atoms with E-state index in [4.69, 9.17) is 37.2 Å². The fourth-order valence-corrected chi connectivity index (χ4v) is 8.02. The highest BCUT2D eigenvalue weighted by Crippen LogP contribution is 2.19. The number of aliphatic imine (C=N–C) groups is 1. The van der Waals surface area contributed by atoms with E-state index in [1.165, 1.54) is 29.2 Å². The van der Waals surface area contributed by atoms with Gasteiger partial charge in [0, 0.05) is 38.2 Å². The van der Waals surface area contributed by atoms with E-state index < -0.39 is 114 Å². The Bertz CT molecular complexity index is 2280. The van der Waals surface area contributed by atoms with Crippen molar-refractivity contribution in [3.05, 3.63) is 42.0 Å². The van der Waals surface area contributed by atoms with Crippen molar-refractivity contribution in [1.29, 1.82) is 0 Å². The number of aromatic hydroxyl groups is 1. The van der Waals surface area contributed by atoms with Crippen molar-refractivity contribution in [2.75, 3.05) is 59.2 Å². The van der Waals surface area contributed by atoms with Gasteiger partial charge in [-0.2, -0.15) is 5.48 Å². The molecule has 3 rings (SSSR count). The SMILES string of the molecule is CC(C)C[C@H](NC(=O)[C@H](CCCCN)NC(=O)[C@H](CCCN=C(N)N)NC(=O)[C@@H]1CCCN1C(=O)COCCOCCNOC(=O)CCN1C(=O)C=CC1=O)C(=O)N[C@@H](Cc1ccc(O)cc1)C(=O)N[C@@H](CC(=O)O)C(N)=O. The van der Waals surface area contributed by atoms with Gasteiger partial charge in [0.2, 0.25) is 41.4 Å².